The highest BCUT2D eigenvalue weighted by Gasteiger charge is 2.45. The monoisotopic (exact) mass is 825 g/mol. The standard InChI is InChI=1S/C50H49ClN2O5S/c1-8-52-41-24-18-32-12-10-11-13-39(32)45(41)49(3,4)43(52)26-20-35-28-37(31-14-16-33(17-15-31)48(54)58-7)29-36(47(35)51)21-27-44-50(5,6)46-40-23-22-38(59(55,56)57)30-34(40)19-25-42(46)53(44)9-2/h10-27,30,37H,8-9,28-29H2,1-7H3/p+1. The molecule has 5 aromatic carbocycles. The third-order valence-corrected chi connectivity index (χ3v) is 14.0. The van der Waals surface area contributed by atoms with Crippen LogP contribution in [0.25, 0.3) is 21.5 Å². The molecule has 1 N–H and O–H groups in total. The van der Waals surface area contributed by atoms with E-state index in [2.05, 4.69) is 112 Å². The maximum Gasteiger partial charge on any atom is 0.337 e. The van der Waals surface area contributed by atoms with Gasteiger partial charge in [-0.1, -0.05) is 86.1 Å². The van der Waals surface area contributed by atoms with E-state index in [-0.39, 0.29) is 22.2 Å². The lowest BCUT2D eigenvalue weighted by Gasteiger charge is -2.28. The highest BCUT2D eigenvalue weighted by Crippen LogP contribution is 2.51. The first kappa shape index (κ1) is 40.5. The minimum Gasteiger partial charge on any atom is -0.465 e. The van der Waals surface area contributed by atoms with Gasteiger partial charge in [0, 0.05) is 46.1 Å². The van der Waals surface area contributed by atoms with Crippen molar-refractivity contribution in [2.24, 2.45) is 0 Å². The maximum atomic E-state index is 12.3. The normalized spacial score (nSPS) is 20.1. The molecule has 1 atom stereocenters. The average Bonchev–Trinajstić information content (AvgIpc) is 3.59. The number of nitrogens with zero attached hydrogens (tertiary/aromatic N) is 2. The van der Waals surface area contributed by atoms with Gasteiger partial charge >= 0.3 is 5.97 Å². The van der Waals surface area contributed by atoms with Gasteiger partial charge in [-0.2, -0.15) is 13.0 Å². The molecule has 0 aromatic heterocycles. The van der Waals surface area contributed by atoms with Gasteiger partial charge in [0.25, 0.3) is 10.1 Å². The van der Waals surface area contributed by atoms with Crippen molar-refractivity contribution in [2.45, 2.75) is 76.0 Å². The van der Waals surface area contributed by atoms with Gasteiger partial charge in [-0.05, 0) is 133 Å². The van der Waals surface area contributed by atoms with E-state index in [0.29, 0.717) is 12.0 Å². The molecule has 8 rings (SSSR count). The Morgan fingerprint density at radius 3 is 2.27 bits per heavy atom. The fourth-order valence-corrected chi connectivity index (χ4v) is 10.6. The van der Waals surface area contributed by atoms with Gasteiger partial charge in [0.1, 0.15) is 6.54 Å². The van der Waals surface area contributed by atoms with E-state index in [0.717, 1.165) is 69.0 Å². The van der Waals surface area contributed by atoms with Gasteiger partial charge in [-0.15, -0.1) is 0 Å². The topological polar surface area (TPSA) is 86.9 Å². The Labute approximate surface area is 352 Å². The number of ether oxygens (including phenoxy) is 1. The Bertz CT molecular complexity index is 2840. The number of fused-ring (bicyclic) bond motifs is 6. The molecule has 2 heterocycles. The van der Waals surface area contributed by atoms with Crippen LogP contribution in [0.15, 0.2) is 142 Å². The van der Waals surface area contributed by atoms with Gasteiger partial charge in [-0.3, -0.25) is 4.55 Å². The molecule has 2 aliphatic heterocycles. The summed E-state index contributed by atoms with van der Waals surface area (Å²) in [5.74, 6) is -0.257. The third kappa shape index (κ3) is 6.85. The zero-order valence-corrected chi connectivity index (χ0v) is 36.2. The van der Waals surface area contributed by atoms with Crippen LogP contribution in [-0.2, 0) is 25.7 Å². The number of hydrogen-bond donors (Lipinski definition) is 1. The fraction of sp³-hybridized carbons (Fsp3) is 0.280. The Balaban J connectivity index is 1.22. The van der Waals surface area contributed by atoms with E-state index in [1.807, 2.05) is 36.4 Å². The molecule has 0 bridgehead atoms. The number of methoxy groups -OCH3 is 1. The lowest BCUT2D eigenvalue weighted by molar-refractivity contribution is -0.433. The summed E-state index contributed by atoms with van der Waals surface area (Å²) < 4.78 is 41.1. The smallest absolute Gasteiger partial charge is 0.337 e. The second-order valence-electron chi connectivity index (χ2n) is 16.8. The molecule has 5 aromatic rings. The molecule has 1 aliphatic carbocycles. The minimum atomic E-state index is -4.34. The van der Waals surface area contributed by atoms with Crippen LogP contribution in [0.5, 0.6) is 0 Å². The van der Waals surface area contributed by atoms with Crippen LogP contribution < -0.4 is 4.90 Å². The summed E-state index contributed by atoms with van der Waals surface area (Å²) in [4.78, 5) is 14.5. The van der Waals surface area contributed by atoms with Crippen molar-refractivity contribution < 1.29 is 27.1 Å². The third-order valence-electron chi connectivity index (χ3n) is 12.7. The number of likely N-dealkylation sites (N-methyl/N-ethyl adjacent to an activating group) is 1. The van der Waals surface area contributed by atoms with Gasteiger partial charge in [0.15, 0.2) is 5.71 Å². The van der Waals surface area contributed by atoms with E-state index in [4.69, 9.17) is 16.3 Å². The number of benzene rings is 5. The van der Waals surface area contributed by atoms with Crippen LogP contribution >= 0.6 is 11.6 Å². The van der Waals surface area contributed by atoms with E-state index in [1.165, 1.54) is 47.0 Å². The summed E-state index contributed by atoms with van der Waals surface area (Å²) in [6.07, 6.45) is 10.3. The first-order chi connectivity index (χ1) is 28.1. The molecule has 7 nitrogen and oxygen atoms in total. The first-order valence-electron chi connectivity index (χ1n) is 20.3. The van der Waals surface area contributed by atoms with E-state index in [1.54, 1.807) is 6.07 Å². The number of hydrogen-bond acceptors (Lipinski definition) is 5. The van der Waals surface area contributed by atoms with Gasteiger partial charge in [0.2, 0.25) is 5.69 Å². The zero-order valence-electron chi connectivity index (χ0n) is 34.6. The Morgan fingerprint density at radius 1 is 0.864 bits per heavy atom. The largest absolute Gasteiger partial charge is 0.465 e. The van der Waals surface area contributed by atoms with Crippen LogP contribution in [0.2, 0.25) is 0 Å². The molecule has 0 saturated heterocycles. The summed E-state index contributed by atoms with van der Waals surface area (Å²) >= 11 is 7.49. The van der Waals surface area contributed by atoms with Crippen molar-refractivity contribution in [3.8, 4) is 0 Å². The van der Waals surface area contributed by atoms with Crippen molar-refractivity contribution in [3.63, 3.8) is 0 Å². The number of carbonyl (C=O) groups is 1. The van der Waals surface area contributed by atoms with Gasteiger partial charge < -0.3 is 9.64 Å². The quantitative estimate of drug-likeness (QED) is 0.0952. The predicted molar refractivity (Wildman–Crippen MR) is 240 cm³/mol. The van der Waals surface area contributed by atoms with Crippen molar-refractivity contribution in [3.05, 3.63) is 159 Å². The lowest BCUT2D eigenvalue weighted by Crippen LogP contribution is -2.27. The van der Waals surface area contributed by atoms with Crippen molar-refractivity contribution in [1.29, 1.82) is 0 Å². The van der Waals surface area contributed by atoms with Crippen LogP contribution in [0.4, 0.5) is 11.4 Å². The van der Waals surface area contributed by atoms with E-state index in [9.17, 15) is 17.8 Å². The summed E-state index contributed by atoms with van der Waals surface area (Å²) in [7, 11) is -2.95. The predicted octanol–water partition coefficient (Wildman–Crippen LogP) is 11.7. The molecule has 3 aliphatic rings. The zero-order chi connectivity index (χ0) is 42.0. The summed E-state index contributed by atoms with van der Waals surface area (Å²) in [6.45, 7) is 14.9. The molecule has 0 spiro atoms. The van der Waals surface area contributed by atoms with E-state index < -0.39 is 15.5 Å². The summed E-state index contributed by atoms with van der Waals surface area (Å²) in [5.41, 5.74) is 10.1. The van der Waals surface area contributed by atoms with Crippen molar-refractivity contribution in [1.82, 2.24) is 0 Å². The number of anilines is 1. The molecule has 0 amide bonds. The molecule has 0 saturated carbocycles. The van der Waals surface area contributed by atoms with Crippen LogP contribution in [0.3, 0.4) is 0 Å². The molecular formula is C50H50ClN2O5S+. The van der Waals surface area contributed by atoms with Gasteiger partial charge in [-0.25, -0.2) is 4.79 Å². The molecule has 0 radical (unpaired) electrons. The van der Waals surface area contributed by atoms with Gasteiger partial charge in [0.05, 0.1) is 23.0 Å². The SMILES string of the molecule is CCN1/C(=C/C=C2\CC(c3ccc(C(=O)OC)cc3)CC(/C=C/C3=[N+](CC)c4ccc5ccccc5c4C3(C)C)=C2Cl)C(C)(C)c2c1ccc1cc(S(=O)(=O)O)ccc21. The first-order valence-corrected chi connectivity index (χ1v) is 22.1. The summed E-state index contributed by atoms with van der Waals surface area (Å²) in [5, 5.41) is 4.94. The molecular weight excluding hydrogens is 776 g/mol. The number of esters is 1. The molecule has 1 unspecified atom stereocenters. The van der Waals surface area contributed by atoms with Crippen LogP contribution in [0, 0.1) is 0 Å². The average molecular weight is 826 g/mol. The second kappa shape index (κ2) is 15.1. The second-order valence-corrected chi connectivity index (χ2v) is 18.6. The summed E-state index contributed by atoms with van der Waals surface area (Å²) in [6, 6.07) is 29.6. The van der Waals surface area contributed by atoms with Crippen LogP contribution in [0.1, 0.15) is 87.4 Å². The number of carbonyl (C=O) groups excluding carboxylic acids is 1. The van der Waals surface area contributed by atoms with E-state index >= 15 is 0 Å². The number of halogens is 1. The highest BCUT2D eigenvalue weighted by atomic mass is 35.5. The number of allylic oxidation sites excluding steroid dienone is 8. The molecule has 302 valence electrons. The Kier molecular flexibility index (Phi) is 10.3. The molecule has 0 fully saturated rings. The fourth-order valence-electron chi connectivity index (χ4n) is 9.82. The number of rotatable bonds is 8. The Morgan fingerprint density at radius 2 is 1.58 bits per heavy atom. The molecule has 9 heteroatoms. The molecule has 59 heavy (non-hydrogen) atoms. The van der Waals surface area contributed by atoms with Crippen molar-refractivity contribution in [2.75, 3.05) is 25.1 Å². The minimum absolute atomic E-state index is 0.107. The highest BCUT2D eigenvalue weighted by molar-refractivity contribution is 7.85. The van der Waals surface area contributed by atoms with Crippen molar-refractivity contribution >= 4 is 66.3 Å². The van der Waals surface area contributed by atoms with Crippen LogP contribution in [-0.4, -0.2) is 49.4 Å². The lowest BCUT2D eigenvalue weighted by atomic mass is 9.78. The maximum absolute atomic E-state index is 12.3. The Hall–Kier alpha value is -5.28.